The molecule has 1 aliphatic heterocycles. The third kappa shape index (κ3) is 2.46. The minimum absolute atomic E-state index is 0.530. The molecule has 128 valence electrons. The van der Waals surface area contributed by atoms with Crippen LogP contribution in [0.2, 0.25) is 5.02 Å². The summed E-state index contributed by atoms with van der Waals surface area (Å²) in [5.74, 6) is 2.15. The Balaban J connectivity index is 1.77. The summed E-state index contributed by atoms with van der Waals surface area (Å²) in [7, 11) is 0. The minimum atomic E-state index is 0.530. The van der Waals surface area contributed by atoms with Crippen molar-refractivity contribution in [2.45, 2.75) is 0 Å². The Morgan fingerprint density at radius 3 is 2.65 bits per heavy atom. The summed E-state index contributed by atoms with van der Waals surface area (Å²) < 4.78 is 13.3. The van der Waals surface area contributed by atoms with E-state index in [4.69, 9.17) is 21.1 Å². The summed E-state index contributed by atoms with van der Waals surface area (Å²) in [6.07, 6.45) is 3.28. The van der Waals surface area contributed by atoms with Gasteiger partial charge in [-0.05, 0) is 24.3 Å². The molecule has 0 unspecified atom stereocenters. The minimum Gasteiger partial charge on any atom is -0.486 e. The van der Waals surface area contributed by atoms with Crippen molar-refractivity contribution in [3.63, 3.8) is 0 Å². The predicted octanol–water partition coefficient (Wildman–Crippen LogP) is 3.91. The average Bonchev–Trinajstić information content (AvgIpc) is 3.07. The monoisotopic (exact) mass is 364 g/mol. The average molecular weight is 365 g/mol. The Hall–Kier alpha value is -3.12. The fourth-order valence-electron chi connectivity index (χ4n) is 3.05. The van der Waals surface area contributed by atoms with Gasteiger partial charge in [-0.15, -0.1) is 0 Å². The number of hydrogen-bond donors (Lipinski definition) is 0. The molecule has 0 N–H and O–H groups in total. The van der Waals surface area contributed by atoms with Crippen LogP contribution in [0.3, 0.4) is 0 Å². The third-order valence-corrected chi connectivity index (χ3v) is 4.40. The lowest BCUT2D eigenvalue weighted by molar-refractivity contribution is 0.171. The van der Waals surface area contributed by atoms with Gasteiger partial charge in [0.05, 0.1) is 5.69 Å². The quantitative estimate of drug-likeness (QED) is 0.539. The lowest BCUT2D eigenvalue weighted by atomic mass is 10.2. The van der Waals surface area contributed by atoms with Crippen LogP contribution in [0, 0.1) is 0 Å². The Morgan fingerprint density at radius 1 is 0.923 bits per heavy atom. The Kier molecular flexibility index (Phi) is 3.50. The number of aromatic nitrogens is 4. The summed E-state index contributed by atoms with van der Waals surface area (Å²) in [5, 5.41) is 0.643. The summed E-state index contributed by atoms with van der Waals surface area (Å²) in [4.78, 5) is 13.5. The number of ether oxygens (including phenoxy) is 2. The highest BCUT2D eigenvalue weighted by Crippen LogP contribution is 2.35. The zero-order valence-corrected chi connectivity index (χ0v) is 14.3. The van der Waals surface area contributed by atoms with Crippen LogP contribution in [0.15, 0.2) is 54.9 Å². The van der Waals surface area contributed by atoms with Gasteiger partial charge in [0.1, 0.15) is 19.0 Å². The first-order valence-corrected chi connectivity index (χ1v) is 8.53. The summed E-state index contributed by atoms with van der Waals surface area (Å²) >= 11 is 6.18. The largest absolute Gasteiger partial charge is 0.486 e. The molecule has 2 aromatic heterocycles. The Labute approximate surface area is 154 Å². The van der Waals surface area contributed by atoms with E-state index in [0.29, 0.717) is 41.1 Å². The van der Waals surface area contributed by atoms with Gasteiger partial charge in [-0.3, -0.25) is 4.57 Å². The summed E-state index contributed by atoms with van der Waals surface area (Å²) in [6.45, 7) is 1.08. The highest BCUT2D eigenvalue weighted by molar-refractivity contribution is 6.30. The molecule has 1 aliphatic rings. The van der Waals surface area contributed by atoms with Gasteiger partial charge < -0.3 is 9.47 Å². The van der Waals surface area contributed by atoms with E-state index >= 15 is 0 Å². The van der Waals surface area contributed by atoms with E-state index in [9.17, 15) is 0 Å². The van der Waals surface area contributed by atoms with Crippen LogP contribution in [-0.2, 0) is 0 Å². The first-order chi connectivity index (χ1) is 12.8. The molecule has 0 aliphatic carbocycles. The molecule has 0 saturated heterocycles. The number of hydrogen-bond acceptors (Lipinski definition) is 5. The topological polar surface area (TPSA) is 62.1 Å². The van der Waals surface area contributed by atoms with Crippen molar-refractivity contribution in [3.05, 3.63) is 59.9 Å². The van der Waals surface area contributed by atoms with Crippen LogP contribution in [0.1, 0.15) is 0 Å². The van der Waals surface area contributed by atoms with Crippen molar-refractivity contribution in [2.75, 3.05) is 13.2 Å². The van der Waals surface area contributed by atoms with Crippen molar-refractivity contribution in [2.24, 2.45) is 0 Å². The molecule has 4 aromatic rings. The van der Waals surface area contributed by atoms with E-state index in [2.05, 4.69) is 15.0 Å². The van der Waals surface area contributed by atoms with Crippen LogP contribution in [-0.4, -0.2) is 32.7 Å². The number of fused-ring (bicyclic) bond motifs is 2. The fraction of sp³-hybridized carbons (Fsp3) is 0.105. The lowest BCUT2D eigenvalue weighted by Crippen LogP contribution is -2.15. The number of nitrogens with zero attached hydrogens (tertiary/aromatic N) is 4. The van der Waals surface area contributed by atoms with Crippen LogP contribution >= 0.6 is 11.6 Å². The molecule has 0 saturated carbocycles. The van der Waals surface area contributed by atoms with E-state index in [-0.39, 0.29) is 0 Å². The highest BCUT2D eigenvalue weighted by Gasteiger charge is 2.19. The molecule has 0 radical (unpaired) electrons. The smallest absolute Gasteiger partial charge is 0.198 e. The first kappa shape index (κ1) is 15.2. The maximum Gasteiger partial charge on any atom is 0.198 e. The maximum atomic E-state index is 6.18. The molecule has 0 atom stereocenters. The van der Waals surface area contributed by atoms with Gasteiger partial charge in [-0.1, -0.05) is 23.7 Å². The highest BCUT2D eigenvalue weighted by atomic mass is 35.5. The zero-order valence-electron chi connectivity index (χ0n) is 13.6. The molecule has 7 heteroatoms. The van der Waals surface area contributed by atoms with Gasteiger partial charge in [0.25, 0.3) is 0 Å². The SMILES string of the molecule is Clc1cccc(-c2nc3nccnc3n2-c2ccc3c(c2)OCCO3)c1. The molecular formula is C19H13ClN4O2. The number of rotatable bonds is 2. The maximum absolute atomic E-state index is 6.18. The van der Waals surface area contributed by atoms with Crippen molar-refractivity contribution in [1.82, 2.24) is 19.5 Å². The molecule has 3 heterocycles. The van der Waals surface area contributed by atoms with Crippen LogP contribution in [0.25, 0.3) is 28.4 Å². The molecule has 0 fully saturated rings. The molecule has 0 bridgehead atoms. The second kappa shape index (κ2) is 6.00. The second-order valence-electron chi connectivity index (χ2n) is 5.81. The third-order valence-electron chi connectivity index (χ3n) is 4.16. The number of imidazole rings is 1. The number of halogens is 1. The predicted molar refractivity (Wildman–Crippen MR) is 98.1 cm³/mol. The molecule has 0 amide bonds. The van der Waals surface area contributed by atoms with Crippen LogP contribution < -0.4 is 9.47 Å². The fourth-order valence-corrected chi connectivity index (χ4v) is 3.24. The molecule has 5 rings (SSSR count). The zero-order chi connectivity index (χ0) is 17.5. The van der Waals surface area contributed by atoms with Crippen molar-refractivity contribution < 1.29 is 9.47 Å². The molecule has 6 nitrogen and oxygen atoms in total. The van der Waals surface area contributed by atoms with Crippen molar-refractivity contribution in [3.8, 4) is 28.6 Å². The lowest BCUT2D eigenvalue weighted by Gasteiger charge is -2.19. The van der Waals surface area contributed by atoms with Crippen LogP contribution in [0.5, 0.6) is 11.5 Å². The standard InChI is InChI=1S/C19H13ClN4O2/c20-13-3-1-2-12(10-13)18-23-17-19(22-7-6-21-17)24(18)14-4-5-15-16(11-14)26-9-8-25-15/h1-7,10-11H,8-9H2. The van der Waals surface area contributed by atoms with E-state index in [1.807, 2.05) is 47.0 Å². The number of benzene rings is 2. The van der Waals surface area contributed by atoms with Crippen LogP contribution in [0.4, 0.5) is 0 Å². The van der Waals surface area contributed by atoms with E-state index in [0.717, 1.165) is 17.0 Å². The van der Waals surface area contributed by atoms with Gasteiger partial charge in [-0.25, -0.2) is 15.0 Å². The normalized spacial score (nSPS) is 13.1. The Morgan fingerprint density at radius 2 is 1.77 bits per heavy atom. The second-order valence-corrected chi connectivity index (χ2v) is 6.25. The van der Waals surface area contributed by atoms with Gasteiger partial charge >= 0.3 is 0 Å². The first-order valence-electron chi connectivity index (χ1n) is 8.15. The summed E-state index contributed by atoms with van der Waals surface area (Å²) in [6, 6.07) is 13.3. The van der Waals surface area contributed by atoms with Gasteiger partial charge in [0.2, 0.25) is 0 Å². The van der Waals surface area contributed by atoms with Gasteiger partial charge in [0.15, 0.2) is 22.8 Å². The molecular weight excluding hydrogens is 352 g/mol. The molecule has 0 spiro atoms. The van der Waals surface area contributed by atoms with Crippen molar-refractivity contribution >= 4 is 22.9 Å². The molecule has 2 aromatic carbocycles. The van der Waals surface area contributed by atoms with E-state index in [1.165, 1.54) is 0 Å². The van der Waals surface area contributed by atoms with Gasteiger partial charge in [-0.2, -0.15) is 0 Å². The van der Waals surface area contributed by atoms with E-state index in [1.54, 1.807) is 12.4 Å². The summed E-state index contributed by atoms with van der Waals surface area (Å²) in [5.41, 5.74) is 2.98. The van der Waals surface area contributed by atoms with Gasteiger partial charge in [0, 0.05) is 29.0 Å². The Bertz CT molecular complexity index is 1130. The molecule has 26 heavy (non-hydrogen) atoms. The van der Waals surface area contributed by atoms with E-state index < -0.39 is 0 Å². The van der Waals surface area contributed by atoms with Crippen molar-refractivity contribution in [1.29, 1.82) is 0 Å².